The van der Waals surface area contributed by atoms with Crippen LogP contribution in [-0.4, -0.2) is 60.2 Å². The van der Waals surface area contributed by atoms with E-state index in [1.54, 1.807) is 0 Å². The number of rotatable bonds is 2. The number of hydrogen-bond acceptors (Lipinski definition) is 7. The van der Waals surface area contributed by atoms with Gasteiger partial charge in [-0.2, -0.15) is 10.3 Å². The molecular weight excluding hydrogens is 256 g/mol. The van der Waals surface area contributed by atoms with Crippen molar-refractivity contribution in [2.45, 2.75) is 24.5 Å². The van der Waals surface area contributed by atoms with Crippen LogP contribution in [-0.2, 0) is 4.74 Å². The Morgan fingerprint density at radius 1 is 1.32 bits per heavy atom. The molecule has 9 heteroatoms. The first-order chi connectivity index (χ1) is 9.13. The molecule has 102 valence electrons. The maximum Gasteiger partial charge on any atom is 0.254 e. The van der Waals surface area contributed by atoms with Crippen molar-refractivity contribution in [1.29, 1.82) is 0 Å². The Kier molecular flexibility index (Phi) is 2.82. The quantitative estimate of drug-likeness (QED) is 0.482. The average molecular weight is 268 g/mol. The normalized spacial score (nSPS) is 31.1. The van der Waals surface area contributed by atoms with E-state index in [1.165, 1.54) is 12.1 Å². The maximum absolute atomic E-state index is 11.9. The predicted octanol–water partition coefficient (Wildman–Crippen LogP) is -2.27. The van der Waals surface area contributed by atoms with Gasteiger partial charge in [0.2, 0.25) is 0 Å². The molecule has 0 aliphatic carbocycles. The van der Waals surface area contributed by atoms with Crippen molar-refractivity contribution in [2.75, 3.05) is 6.61 Å². The van der Waals surface area contributed by atoms with Gasteiger partial charge in [0, 0.05) is 6.07 Å². The highest BCUT2D eigenvalue weighted by atomic mass is 16.6. The van der Waals surface area contributed by atoms with E-state index >= 15 is 0 Å². The standard InChI is InChI=1S/C10H12N4O5/c15-3-5-7(17)8(18)10(19-5)14-6(16)2-1-4-9(14)12-13-11-4/h1-2,5,7-8,10,15,17-18H,3H2,(H,11,12,13)/t5-,7+,8-,10-/m0/s1. The van der Waals surface area contributed by atoms with E-state index in [2.05, 4.69) is 15.4 Å². The van der Waals surface area contributed by atoms with Crippen molar-refractivity contribution in [3.8, 4) is 0 Å². The Bertz CT molecular complexity index is 653. The van der Waals surface area contributed by atoms with E-state index in [0.717, 1.165) is 4.57 Å². The lowest BCUT2D eigenvalue weighted by Crippen LogP contribution is -2.35. The highest BCUT2D eigenvalue weighted by Crippen LogP contribution is 2.29. The summed E-state index contributed by atoms with van der Waals surface area (Å²) in [5.41, 5.74) is 0.191. The minimum absolute atomic E-state index is 0.210. The summed E-state index contributed by atoms with van der Waals surface area (Å²) < 4.78 is 6.41. The van der Waals surface area contributed by atoms with Gasteiger partial charge in [0.05, 0.1) is 6.61 Å². The fourth-order valence-electron chi connectivity index (χ4n) is 2.20. The second kappa shape index (κ2) is 4.38. The van der Waals surface area contributed by atoms with Crippen LogP contribution in [0.2, 0.25) is 0 Å². The molecule has 0 radical (unpaired) electrons. The Labute approximate surface area is 106 Å². The average Bonchev–Trinajstić information content (AvgIpc) is 2.97. The summed E-state index contributed by atoms with van der Waals surface area (Å²) >= 11 is 0. The van der Waals surface area contributed by atoms with Crippen molar-refractivity contribution in [2.24, 2.45) is 0 Å². The third-order valence-corrected chi connectivity index (χ3v) is 3.18. The second-order valence-corrected chi connectivity index (χ2v) is 4.30. The van der Waals surface area contributed by atoms with Crippen LogP contribution in [0.3, 0.4) is 0 Å². The molecule has 3 heterocycles. The second-order valence-electron chi connectivity index (χ2n) is 4.30. The van der Waals surface area contributed by atoms with Crippen LogP contribution in [0.4, 0.5) is 0 Å². The van der Waals surface area contributed by atoms with Crippen LogP contribution in [0.5, 0.6) is 0 Å². The minimum atomic E-state index is -1.34. The molecule has 2 aromatic heterocycles. The Hall–Kier alpha value is -1.81. The number of ether oxygens (including phenoxy) is 1. The van der Waals surface area contributed by atoms with Crippen molar-refractivity contribution < 1.29 is 20.1 Å². The molecule has 1 aliphatic rings. The van der Waals surface area contributed by atoms with Gasteiger partial charge in [0.25, 0.3) is 5.56 Å². The van der Waals surface area contributed by atoms with Crippen LogP contribution in [0.25, 0.3) is 11.2 Å². The van der Waals surface area contributed by atoms with E-state index in [-0.39, 0.29) is 5.65 Å². The summed E-state index contributed by atoms with van der Waals surface area (Å²) in [7, 11) is 0. The van der Waals surface area contributed by atoms with E-state index < -0.39 is 36.7 Å². The van der Waals surface area contributed by atoms with Crippen LogP contribution in [0, 0.1) is 0 Å². The van der Waals surface area contributed by atoms with Crippen molar-refractivity contribution in [3.63, 3.8) is 0 Å². The zero-order valence-corrected chi connectivity index (χ0v) is 9.67. The molecule has 0 amide bonds. The molecule has 1 fully saturated rings. The van der Waals surface area contributed by atoms with Gasteiger partial charge in [-0.1, -0.05) is 0 Å². The summed E-state index contributed by atoms with van der Waals surface area (Å²) in [5, 5.41) is 38.7. The van der Waals surface area contributed by atoms with E-state index in [9.17, 15) is 15.0 Å². The van der Waals surface area contributed by atoms with Crippen LogP contribution < -0.4 is 5.56 Å². The highest BCUT2D eigenvalue weighted by Gasteiger charge is 2.44. The zero-order chi connectivity index (χ0) is 13.6. The number of pyridine rings is 1. The predicted molar refractivity (Wildman–Crippen MR) is 61.2 cm³/mol. The van der Waals surface area contributed by atoms with Gasteiger partial charge in [-0.15, -0.1) is 5.10 Å². The van der Waals surface area contributed by atoms with Gasteiger partial charge < -0.3 is 20.1 Å². The fraction of sp³-hybridized carbons (Fsp3) is 0.500. The summed E-state index contributed by atoms with van der Waals surface area (Å²) in [6.07, 6.45) is -4.68. The number of aliphatic hydroxyl groups excluding tert-OH is 3. The molecule has 0 spiro atoms. The summed E-state index contributed by atoms with van der Waals surface area (Å²) in [4.78, 5) is 11.9. The Morgan fingerprint density at radius 3 is 2.79 bits per heavy atom. The SMILES string of the molecule is O=c1ccc2n[nH]nc2n1[C@H]1O[C@@H](CO)[C@@H](O)[C@@H]1O. The molecule has 0 saturated carbocycles. The third kappa shape index (κ3) is 1.75. The van der Waals surface area contributed by atoms with Gasteiger partial charge in [0.1, 0.15) is 23.8 Å². The number of fused-ring (bicyclic) bond motifs is 1. The largest absolute Gasteiger partial charge is 0.394 e. The summed E-state index contributed by atoms with van der Waals surface area (Å²) in [6.45, 7) is -0.460. The number of hydrogen-bond donors (Lipinski definition) is 4. The van der Waals surface area contributed by atoms with Crippen molar-refractivity contribution in [1.82, 2.24) is 20.0 Å². The monoisotopic (exact) mass is 268 g/mol. The number of H-pyrrole nitrogens is 1. The lowest BCUT2D eigenvalue weighted by atomic mass is 10.1. The summed E-state index contributed by atoms with van der Waals surface area (Å²) in [5.74, 6) is 0. The molecule has 0 unspecified atom stereocenters. The topological polar surface area (TPSA) is 133 Å². The lowest BCUT2D eigenvalue weighted by Gasteiger charge is -2.17. The minimum Gasteiger partial charge on any atom is -0.394 e. The van der Waals surface area contributed by atoms with Crippen molar-refractivity contribution in [3.05, 3.63) is 22.5 Å². The van der Waals surface area contributed by atoms with Crippen molar-refractivity contribution >= 4 is 11.2 Å². The molecule has 19 heavy (non-hydrogen) atoms. The van der Waals surface area contributed by atoms with Gasteiger partial charge in [-0.05, 0) is 6.07 Å². The van der Waals surface area contributed by atoms with E-state index in [1.807, 2.05) is 0 Å². The molecule has 1 saturated heterocycles. The number of aromatic amines is 1. The molecule has 0 aromatic carbocycles. The van der Waals surface area contributed by atoms with Gasteiger partial charge in [-0.3, -0.25) is 9.36 Å². The molecule has 4 N–H and O–H groups in total. The molecule has 4 atom stereocenters. The zero-order valence-electron chi connectivity index (χ0n) is 9.67. The third-order valence-electron chi connectivity index (χ3n) is 3.18. The fourth-order valence-corrected chi connectivity index (χ4v) is 2.20. The summed E-state index contributed by atoms with van der Waals surface area (Å²) in [6, 6.07) is 2.75. The number of nitrogens with one attached hydrogen (secondary N) is 1. The van der Waals surface area contributed by atoms with Crippen LogP contribution in [0.1, 0.15) is 6.23 Å². The number of nitrogens with zero attached hydrogens (tertiary/aromatic N) is 3. The van der Waals surface area contributed by atoms with Gasteiger partial charge >= 0.3 is 0 Å². The lowest BCUT2D eigenvalue weighted by molar-refractivity contribution is -0.0524. The van der Waals surface area contributed by atoms with Gasteiger partial charge in [-0.25, -0.2) is 0 Å². The maximum atomic E-state index is 11.9. The highest BCUT2D eigenvalue weighted by molar-refractivity contribution is 5.69. The molecule has 2 aromatic rings. The smallest absolute Gasteiger partial charge is 0.254 e. The molecule has 0 bridgehead atoms. The number of aliphatic hydroxyl groups is 3. The van der Waals surface area contributed by atoms with E-state index in [4.69, 9.17) is 9.84 Å². The van der Waals surface area contributed by atoms with Crippen LogP contribution in [0.15, 0.2) is 16.9 Å². The van der Waals surface area contributed by atoms with Gasteiger partial charge in [0.15, 0.2) is 11.9 Å². The Balaban J connectivity index is 2.12. The number of aromatic nitrogens is 4. The molecule has 1 aliphatic heterocycles. The Morgan fingerprint density at radius 2 is 2.11 bits per heavy atom. The molecule has 9 nitrogen and oxygen atoms in total. The molecular formula is C10H12N4O5. The molecule has 3 rings (SSSR count). The first kappa shape index (κ1) is 12.2. The first-order valence-electron chi connectivity index (χ1n) is 5.68. The van der Waals surface area contributed by atoms with Crippen LogP contribution >= 0.6 is 0 Å². The first-order valence-corrected chi connectivity index (χ1v) is 5.68. The van der Waals surface area contributed by atoms with E-state index in [0.29, 0.717) is 5.52 Å².